The van der Waals surface area contributed by atoms with E-state index in [1.54, 1.807) is 7.11 Å². The van der Waals surface area contributed by atoms with E-state index in [-0.39, 0.29) is 11.8 Å². The average Bonchev–Trinajstić information content (AvgIpc) is 2.35. The predicted molar refractivity (Wildman–Crippen MR) is 61.0 cm³/mol. The molecule has 1 heterocycles. The molecule has 0 amide bonds. The molecule has 7 nitrogen and oxygen atoms in total. The highest BCUT2D eigenvalue weighted by Gasteiger charge is 2.05. The van der Waals surface area contributed by atoms with Gasteiger partial charge in [-0.1, -0.05) is 0 Å². The zero-order chi connectivity index (χ0) is 12.5. The van der Waals surface area contributed by atoms with E-state index in [0.29, 0.717) is 26.4 Å². The van der Waals surface area contributed by atoms with Crippen molar-refractivity contribution < 1.29 is 13.9 Å². The Balaban J connectivity index is 2.30. The number of anilines is 2. The molecule has 0 radical (unpaired) electrons. The summed E-state index contributed by atoms with van der Waals surface area (Å²) in [6.45, 7) is 1.89. The molecule has 0 bridgehead atoms. The predicted octanol–water partition coefficient (Wildman–Crippen LogP) is -0.0238. The van der Waals surface area contributed by atoms with Crippen molar-refractivity contribution in [1.82, 2.24) is 9.97 Å². The molecule has 0 aliphatic heterocycles. The van der Waals surface area contributed by atoms with Gasteiger partial charge in [0.1, 0.15) is 0 Å². The van der Waals surface area contributed by atoms with Crippen LogP contribution in [-0.2, 0) is 9.47 Å². The number of nitrogens with two attached hydrogens (primary N) is 1. The number of aromatic nitrogens is 2. The SMILES string of the molecule is COCCOCCNc1nc(NN)ncc1F. The second-order valence-electron chi connectivity index (χ2n) is 3.07. The van der Waals surface area contributed by atoms with Crippen molar-refractivity contribution in [2.75, 3.05) is 44.2 Å². The average molecular weight is 245 g/mol. The van der Waals surface area contributed by atoms with Gasteiger partial charge in [0.2, 0.25) is 5.95 Å². The quantitative estimate of drug-likeness (QED) is 0.336. The van der Waals surface area contributed by atoms with E-state index in [1.165, 1.54) is 0 Å². The van der Waals surface area contributed by atoms with Gasteiger partial charge in [0.15, 0.2) is 11.6 Å². The minimum atomic E-state index is -0.541. The minimum absolute atomic E-state index is 0.0864. The number of nitrogens with one attached hydrogen (secondary N) is 2. The Morgan fingerprint density at radius 3 is 2.94 bits per heavy atom. The molecule has 0 fully saturated rings. The number of ether oxygens (including phenoxy) is 2. The molecule has 0 saturated carbocycles. The normalized spacial score (nSPS) is 10.3. The van der Waals surface area contributed by atoms with Gasteiger partial charge in [-0.05, 0) is 0 Å². The topological polar surface area (TPSA) is 94.3 Å². The molecular formula is C9H16FN5O2. The van der Waals surface area contributed by atoms with Gasteiger partial charge in [0.05, 0.1) is 26.0 Å². The van der Waals surface area contributed by atoms with Crippen molar-refractivity contribution in [2.24, 2.45) is 5.84 Å². The molecule has 8 heteroatoms. The van der Waals surface area contributed by atoms with Gasteiger partial charge < -0.3 is 14.8 Å². The Hall–Kier alpha value is -1.51. The third kappa shape index (κ3) is 4.89. The standard InChI is InChI=1S/C9H16FN5O2/c1-16-4-5-17-3-2-12-8-7(10)6-13-9(14-8)15-11/h6H,2-5,11H2,1H3,(H2,12,13,14,15). The maximum absolute atomic E-state index is 13.2. The summed E-state index contributed by atoms with van der Waals surface area (Å²) < 4.78 is 23.2. The van der Waals surface area contributed by atoms with Crippen LogP contribution in [0.5, 0.6) is 0 Å². The second kappa shape index (κ2) is 7.71. The van der Waals surface area contributed by atoms with Gasteiger partial charge in [-0.2, -0.15) is 4.98 Å². The van der Waals surface area contributed by atoms with E-state index in [0.717, 1.165) is 6.20 Å². The molecule has 1 aromatic heterocycles. The fraction of sp³-hybridized carbons (Fsp3) is 0.556. The Kier molecular flexibility index (Phi) is 6.15. The van der Waals surface area contributed by atoms with Crippen LogP contribution >= 0.6 is 0 Å². The Bertz CT molecular complexity index is 339. The first-order valence-electron chi connectivity index (χ1n) is 5.07. The van der Waals surface area contributed by atoms with Crippen LogP contribution in [0.3, 0.4) is 0 Å². The lowest BCUT2D eigenvalue weighted by Gasteiger charge is -2.08. The molecule has 0 saturated heterocycles. The van der Waals surface area contributed by atoms with Crippen LogP contribution in [0.15, 0.2) is 6.20 Å². The fourth-order valence-corrected chi connectivity index (χ4v) is 1.05. The van der Waals surface area contributed by atoms with Gasteiger partial charge in [0, 0.05) is 13.7 Å². The maximum atomic E-state index is 13.2. The monoisotopic (exact) mass is 245 g/mol. The van der Waals surface area contributed by atoms with E-state index in [9.17, 15) is 4.39 Å². The van der Waals surface area contributed by atoms with Crippen LogP contribution in [0.1, 0.15) is 0 Å². The van der Waals surface area contributed by atoms with Crippen LogP contribution in [0.2, 0.25) is 0 Å². The summed E-state index contributed by atoms with van der Waals surface area (Å²) in [5, 5.41) is 2.78. The smallest absolute Gasteiger partial charge is 0.239 e. The lowest BCUT2D eigenvalue weighted by atomic mass is 10.5. The minimum Gasteiger partial charge on any atom is -0.382 e. The Labute approximate surface area is 98.5 Å². The number of halogens is 1. The van der Waals surface area contributed by atoms with E-state index in [2.05, 4.69) is 20.7 Å². The van der Waals surface area contributed by atoms with E-state index in [1.807, 2.05) is 0 Å². The number of rotatable bonds is 8. The molecule has 0 atom stereocenters. The molecule has 17 heavy (non-hydrogen) atoms. The van der Waals surface area contributed by atoms with Gasteiger partial charge >= 0.3 is 0 Å². The highest BCUT2D eigenvalue weighted by Crippen LogP contribution is 2.10. The highest BCUT2D eigenvalue weighted by atomic mass is 19.1. The first-order valence-corrected chi connectivity index (χ1v) is 5.07. The summed E-state index contributed by atoms with van der Waals surface area (Å²) in [5.41, 5.74) is 2.24. The van der Waals surface area contributed by atoms with Gasteiger partial charge in [-0.15, -0.1) is 0 Å². The summed E-state index contributed by atoms with van der Waals surface area (Å²) in [6.07, 6.45) is 1.04. The summed E-state index contributed by atoms with van der Waals surface area (Å²) in [5.74, 6) is 4.81. The largest absolute Gasteiger partial charge is 0.382 e. The van der Waals surface area contributed by atoms with Crippen molar-refractivity contribution in [1.29, 1.82) is 0 Å². The Morgan fingerprint density at radius 1 is 1.41 bits per heavy atom. The summed E-state index contributed by atoms with van der Waals surface area (Å²) in [4.78, 5) is 7.43. The van der Waals surface area contributed by atoms with E-state index in [4.69, 9.17) is 15.3 Å². The van der Waals surface area contributed by atoms with Gasteiger partial charge in [-0.25, -0.2) is 15.2 Å². The second-order valence-corrected chi connectivity index (χ2v) is 3.07. The third-order valence-corrected chi connectivity index (χ3v) is 1.84. The van der Waals surface area contributed by atoms with Crippen LogP contribution in [-0.4, -0.2) is 43.4 Å². The third-order valence-electron chi connectivity index (χ3n) is 1.84. The lowest BCUT2D eigenvalue weighted by Crippen LogP contribution is -2.16. The molecule has 1 aromatic rings. The Morgan fingerprint density at radius 2 is 2.24 bits per heavy atom. The van der Waals surface area contributed by atoms with Crippen LogP contribution in [0, 0.1) is 5.82 Å². The van der Waals surface area contributed by atoms with Gasteiger partial charge in [-0.3, -0.25) is 5.43 Å². The highest BCUT2D eigenvalue weighted by molar-refractivity contribution is 5.40. The maximum Gasteiger partial charge on any atom is 0.239 e. The summed E-state index contributed by atoms with van der Waals surface area (Å²) in [6, 6.07) is 0. The first-order chi connectivity index (χ1) is 8.27. The van der Waals surface area contributed by atoms with Crippen molar-refractivity contribution in [3.63, 3.8) is 0 Å². The molecule has 0 aromatic carbocycles. The van der Waals surface area contributed by atoms with Crippen molar-refractivity contribution in [3.8, 4) is 0 Å². The lowest BCUT2D eigenvalue weighted by molar-refractivity contribution is 0.0759. The fourth-order valence-electron chi connectivity index (χ4n) is 1.05. The number of hydrogen-bond acceptors (Lipinski definition) is 7. The first kappa shape index (κ1) is 13.6. The molecular weight excluding hydrogens is 229 g/mol. The molecule has 4 N–H and O–H groups in total. The number of nitrogen functional groups attached to an aromatic ring is 1. The summed E-state index contributed by atoms with van der Waals surface area (Å²) in [7, 11) is 1.60. The number of methoxy groups -OCH3 is 1. The van der Waals surface area contributed by atoms with Crippen molar-refractivity contribution in [3.05, 3.63) is 12.0 Å². The van der Waals surface area contributed by atoms with Crippen LogP contribution in [0.4, 0.5) is 16.2 Å². The molecule has 0 aliphatic carbocycles. The zero-order valence-corrected chi connectivity index (χ0v) is 9.57. The summed E-state index contributed by atoms with van der Waals surface area (Å²) >= 11 is 0. The molecule has 1 rings (SSSR count). The zero-order valence-electron chi connectivity index (χ0n) is 9.57. The van der Waals surface area contributed by atoms with E-state index >= 15 is 0 Å². The molecule has 0 aliphatic rings. The molecule has 0 unspecified atom stereocenters. The molecule has 96 valence electrons. The number of hydrogen-bond donors (Lipinski definition) is 3. The van der Waals surface area contributed by atoms with Crippen LogP contribution in [0.25, 0.3) is 0 Å². The van der Waals surface area contributed by atoms with Crippen molar-refractivity contribution >= 4 is 11.8 Å². The van der Waals surface area contributed by atoms with Crippen LogP contribution < -0.4 is 16.6 Å². The van der Waals surface area contributed by atoms with Gasteiger partial charge in [0.25, 0.3) is 0 Å². The van der Waals surface area contributed by atoms with Crippen molar-refractivity contribution in [2.45, 2.75) is 0 Å². The molecule has 0 spiro atoms. The number of nitrogens with zero attached hydrogens (tertiary/aromatic N) is 2. The number of hydrazine groups is 1. The van der Waals surface area contributed by atoms with E-state index < -0.39 is 5.82 Å².